The van der Waals surface area contributed by atoms with Gasteiger partial charge in [0, 0.05) is 18.6 Å². The summed E-state index contributed by atoms with van der Waals surface area (Å²) in [6.45, 7) is 4.62. The van der Waals surface area contributed by atoms with Gasteiger partial charge in [0.25, 0.3) is 0 Å². The molecule has 1 N–H and O–H groups in total. The van der Waals surface area contributed by atoms with Gasteiger partial charge < -0.3 is 5.32 Å². The van der Waals surface area contributed by atoms with Crippen molar-refractivity contribution in [1.29, 1.82) is 0 Å². The van der Waals surface area contributed by atoms with E-state index in [4.69, 9.17) is 11.6 Å². The predicted molar refractivity (Wildman–Crippen MR) is 71.4 cm³/mol. The zero-order valence-electron chi connectivity index (χ0n) is 9.87. The minimum absolute atomic E-state index is 0.486. The quantitative estimate of drug-likeness (QED) is 0.896. The van der Waals surface area contributed by atoms with Crippen molar-refractivity contribution in [2.75, 3.05) is 20.1 Å². The Labute approximate surface area is 107 Å². The van der Waals surface area contributed by atoms with Gasteiger partial charge in [0.05, 0.1) is 4.34 Å². The minimum atomic E-state index is 0.486. The van der Waals surface area contributed by atoms with Crippen LogP contribution >= 0.6 is 22.9 Å². The van der Waals surface area contributed by atoms with Crippen LogP contribution in [0.4, 0.5) is 0 Å². The second-order valence-electron chi connectivity index (χ2n) is 4.48. The summed E-state index contributed by atoms with van der Waals surface area (Å²) in [5.41, 5.74) is 1.35. The number of thiophene rings is 1. The van der Waals surface area contributed by atoms with Gasteiger partial charge in [-0.15, -0.1) is 11.3 Å². The fourth-order valence-electron chi connectivity index (χ4n) is 2.35. The van der Waals surface area contributed by atoms with Gasteiger partial charge in [-0.2, -0.15) is 0 Å². The Bertz CT molecular complexity index is 340. The standard InChI is InChI=1S/C12H19ClN2S/c1-9(10-6-12(13)16-8-10)15-5-3-4-11(7-15)14-2/h6,8-9,11,14H,3-5,7H2,1-2H3. The van der Waals surface area contributed by atoms with Crippen LogP contribution in [0.1, 0.15) is 31.4 Å². The fraction of sp³-hybridized carbons (Fsp3) is 0.667. The molecule has 1 aromatic rings. The molecule has 0 amide bonds. The van der Waals surface area contributed by atoms with Crippen LogP contribution in [0.25, 0.3) is 0 Å². The monoisotopic (exact) mass is 258 g/mol. The van der Waals surface area contributed by atoms with Gasteiger partial charge in [-0.25, -0.2) is 0 Å². The summed E-state index contributed by atoms with van der Waals surface area (Å²) < 4.78 is 0.893. The smallest absolute Gasteiger partial charge is 0.0931 e. The van der Waals surface area contributed by atoms with Crippen LogP contribution in [0.5, 0.6) is 0 Å². The third-order valence-corrected chi connectivity index (χ3v) is 4.59. The van der Waals surface area contributed by atoms with E-state index in [2.05, 4.69) is 35.6 Å². The van der Waals surface area contributed by atoms with Gasteiger partial charge in [0.15, 0.2) is 0 Å². The first-order valence-corrected chi connectivity index (χ1v) is 7.11. The van der Waals surface area contributed by atoms with E-state index in [-0.39, 0.29) is 0 Å². The molecule has 16 heavy (non-hydrogen) atoms. The molecule has 90 valence electrons. The van der Waals surface area contributed by atoms with Gasteiger partial charge in [-0.3, -0.25) is 4.90 Å². The average Bonchev–Trinajstić information content (AvgIpc) is 2.75. The summed E-state index contributed by atoms with van der Waals surface area (Å²) in [4.78, 5) is 2.54. The number of hydrogen-bond acceptors (Lipinski definition) is 3. The molecule has 0 bridgehead atoms. The third-order valence-electron chi connectivity index (χ3n) is 3.48. The highest BCUT2D eigenvalue weighted by Crippen LogP contribution is 2.29. The summed E-state index contributed by atoms with van der Waals surface area (Å²) >= 11 is 7.61. The lowest BCUT2D eigenvalue weighted by Gasteiger charge is -2.36. The highest BCUT2D eigenvalue weighted by molar-refractivity contribution is 7.14. The number of rotatable bonds is 3. The molecule has 1 aromatic heterocycles. The lowest BCUT2D eigenvalue weighted by Crippen LogP contribution is -2.45. The summed E-state index contributed by atoms with van der Waals surface area (Å²) in [6, 6.07) is 3.23. The van der Waals surface area contributed by atoms with Crippen LogP contribution in [-0.4, -0.2) is 31.1 Å². The summed E-state index contributed by atoms with van der Waals surface area (Å²) in [6.07, 6.45) is 2.58. The second-order valence-corrected chi connectivity index (χ2v) is 6.03. The Morgan fingerprint density at radius 3 is 3.06 bits per heavy atom. The Kier molecular flexibility index (Phi) is 4.25. The number of likely N-dealkylation sites (tertiary alicyclic amines) is 1. The largest absolute Gasteiger partial charge is 0.316 e. The zero-order valence-corrected chi connectivity index (χ0v) is 11.4. The van der Waals surface area contributed by atoms with Gasteiger partial charge >= 0.3 is 0 Å². The van der Waals surface area contributed by atoms with Crippen LogP contribution in [0.15, 0.2) is 11.4 Å². The van der Waals surface area contributed by atoms with Crippen LogP contribution < -0.4 is 5.32 Å². The number of nitrogens with one attached hydrogen (secondary N) is 1. The molecule has 0 aromatic carbocycles. The van der Waals surface area contributed by atoms with E-state index >= 15 is 0 Å². The maximum absolute atomic E-state index is 5.99. The molecule has 1 fully saturated rings. The molecule has 1 aliphatic rings. The number of piperidine rings is 1. The topological polar surface area (TPSA) is 15.3 Å². The molecule has 2 rings (SSSR count). The van der Waals surface area contributed by atoms with Crippen molar-refractivity contribution in [1.82, 2.24) is 10.2 Å². The molecule has 0 saturated carbocycles. The number of likely N-dealkylation sites (N-methyl/N-ethyl adjacent to an activating group) is 1. The van der Waals surface area contributed by atoms with E-state index in [1.807, 2.05) is 0 Å². The van der Waals surface area contributed by atoms with Gasteiger partial charge in [0.1, 0.15) is 0 Å². The van der Waals surface area contributed by atoms with Crippen molar-refractivity contribution in [3.8, 4) is 0 Å². The number of hydrogen-bond donors (Lipinski definition) is 1. The van der Waals surface area contributed by atoms with Crippen LogP contribution in [0.2, 0.25) is 4.34 Å². The summed E-state index contributed by atoms with van der Waals surface area (Å²) in [5, 5.41) is 5.56. The predicted octanol–water partition coefficient (Wildman–Crippen LogP) is 3.15. The molecule has 2 unspecified atom stereocenters. The molecule has 0 aliphatic carbocycles. The Hall–Kier alpha value is -0.0900. The first-order chi connectivity index (χ1) is 7.70. The lowest BCUT2D eigenvalue weighted by atomic mass is 10.0. The van der Waals surface area contributed by atoms with E-state index in [9.17, 15) is 0 Å². The average molecular weight is 259 g/mol. The van der Waals surface area contributed by atoms with E-state index in [1.54, 1.807) is 11.3 Å². The van der Waals surface area contributed by atoms with Crippen molar-refractivity contribution < 1.29 is 0 Å². The van der Waals surface area contributed by atoms with Crippen LogP contribution in [0, 0.1) is 0 Å². The number of halogens is 1. The second kappa shape index (κ2) is 5.50. The van der Waals surface area contributed by atoms with Crippen LogP contribution in [0.3, 0.4) is 0 Å². The molecule has 4 heteroatoms. The fourth-order valence-corrected chi connectivity index (χ4v) is 3.32. The molecule has 0 spiro atoms. The maximum Gasteiger partial charge on any atom is 0.0931 e. The molecular weight excluding hydrogens is 240 g/mol. The molecule has 2 nitrogen and oxygen atoms in total. The Morgan fingerprint density at radius 2 is 2.44 bits per heavy atom. The molecular formula is C12H19ClN2S. The maximum atomic E-state index is 5.99. The zero-order chi connectivity index (χ0) is 11.5. The van der Waals surface area contributed by atoms with E-state index in [0.29, 0.717) is 12.1 Å². The minimum Gasteiger partial charge on any atom is -0.316 e. The lowest BCUT2D eigenvalue weighted by molar-refractivity contribution is 0.149. The highest BCUT2D eigenvalue weighted by Gasteiger charge is 2.23. The van der Waals surface area contributed by atoms with E-state index in [1.165, 1.54) is 24.9 Å². The van der Waals surface area contributed by atoms with Crippen molar-refractivity contribution in [3.63, 3.8) is 0 Å². The molecule has 1 saturated heterocycles. The molecule has 2 atom stereocenters. The van der Waals surface area contributed by atoms with Crippen molar-refractivity contribution in [3.05, 3.63) is 21.3 Å². The third kappa shape index (κ3) is 2.77. The highest BCUT2D eigenvalue weighted by atomic mass is 35.5. The normalized spacial score (nSPS) is 24.6. The van der Waals surface area contributed by atoms with Crippen molar-refractivity contribution in [2.24, 2.45) is 0 Å². The van der Waals surface area contributed by atoms with E-state index < -0.39 is 0 Å². The molecule has 1 aliphatic heterocycles. The number of nitrogens with zero attached hydrogens (tertiary/aromatic N) is 1. The van der Waals surface area contributed by atoms with E-state index in [0.717, 1.165) is 10.9 Å². The van der Waals surface area contributed by atoms with Gasteiger partial charge in [-0.1, -0.05) is 11.6 Å². The van der Waals surface area contributed by atoms with Gasteiger partial charge in [-0.05, 0) is 50.4 Å². The van der Waals surface area contributed by atoms with Crippen molar-refractivity contribution in [2.45, 2.75) is 31.8 Å². The Morgan fingerprint density at radius 1 is 1.62 bits per heavy atom. The summed E-state index contributed by atoms with van der Waals surface area (Å²) in [5.74, 6) is 0. The first kappa shape index (κ1) is 12.4. The first-order valence-electron chi connectivity index (χ1n) is 5.86. The van der Waals surface area contributed by atoms with Crippen LogP contribution in [-0.2, 0) is 0 Å². The SMILES string of the molecule is CNC1CCCN(C(C)c2csc(Cl)c2)C1. The van der Waals surface area contributed by atoms with Crippen molar-refractivity contribution >= 4 is 22.9 Å². The molecule has 0 radical (unpaired) electrons. The summed E-state index contributed by atoms with van der Waals surface area (Å²) in [7, 11) is 2.06. The Balaban J connectivity index is 2.01. The van der Waals surface area contributed by atoms with Gasteiger partial charge in [0.2, 0.25) is 0 Å². The molecule has 2 heterocycles.